The molecule has 0 atom stereocenters. The van der Waals surface area contributed by atoms with Gasteiger partial charge in [0.15, 0.2) is 5.58 Å². The molecule has 1 aliphatic heterocycles. The monoisotopic (exact) mass is 441 g/mol. The van der Waals surface area contributed by atoms with Crippen LogP contribution in [0.1, 0.15) is 0 Å². The van der Waals surface area contributed by atoms with Crippen LogP contribution in [0.2, 0.25) is 0 Å². The number of rotatable bonds is 3. The SMILES string of the molecule is O=C(Nc1ccc2[nH]ccc2c1)N1CCN(S(=O)(=O)c2ccc3[nH]c(=O)oc3c2)CC1. The lowest BCUT2D eigenvalue weighted by Gasteiger charge is -2.34. The summed E-state index contributed by atoms with van der Waals surface area (Å²) in [5, 5.41) is 3.85. The van der Waals surface area contributed by atoms with Crippen molar-refractivity contribution in [2.75, 3.05) is 31.5 Å². The highest BCUT2D eigenvalue weighted by Gasteiger charge is 2.30. The molecule has 0 aliphatic carbocycles. The second-order valence-corrected chi connectivity index (χ2v) is 9.21. The Morgan fingerprint density at radius 3 is 2.58 bits per heavy atom. The molecule has 0 saturated carbocycles. The van der Waals surface area contributed by atoms with Crippen molar-refractivity contribution in [3.8, 4) is 0 Å². The van der Waals surface area contributed by atoms with E-state index in [1.807, 2.05) is 30.5 Å². The van der Waals surface area contributed by atoms with Crippen LogP contribution in [0.3, 0.4) is 0 Å². The molecule has 4 aromatic rings. The number of carbonyl (C=O) groups excluding carboxylic acids is 1. The molecule has 160 valence electrons. The second-order valence-electron chi connectivity index (χ2n) is 7.27. The van der Waals surface area contributed by atoms with E-state index >= 15 is 0 Å². The first-order chi connectivity index (χ1) is 14.9. The maximum absolute atomic E-state index is 13.0. The molecule has 0 bridgehead atoms. The highest BCUT2D eigenvalue weighted by Crippen LogP contribution is 2.22. The summed E-state index contributed by atoms with van der Waals surface area (Å²) in [6, 6.07) is 11.5. The lowest BCUT2D eigenvalue weighted by atomic mass is 10.2. The average Bonchev–Trinajstić information content (AvgIpc) is 3.38. The van der Waals surface area contributed by atoms with E-state index in [0.717, 1.165) is 10.9 Å². The van der Waals surface area contributed by atoms with Gasteiger partial charge in [0.1, 0.15) is 0 Å². The molecule has 0 unspecified atom stereocenters. The minimum atomic E-state index is -3.77. The number of piperazine rings is 1. The van der Waals surface area contributed by atoms with Gasteiger partial charge in [0, 0.05) is 55.0 Å². The van der Waals surface area contributed by atoms with Gasteiger partial charge >= 0.3 is 11.8 Å². The third-order valence-corrected chi connectivity index (χ3v) is 7.26. The Hall–Kier alpha value is -3.57. The number of benzene rings is 2. The molecule has 1 aliphatic rings. The molecule has 2 aromatic heterocycles. The van der Waals surface area contributed by atoms with Crippen LogP contribution in [0.25, 0.3) is 22.0 Å². The first-order valence-corrected chi connectivity index (χ1v) is 11.1. The van der Waals surface area contributed by atoms with Crippen LogP contribution in [0.4, 0.5) is 10.5 Å². The number of H-pyrrole nitrogens is 2. The van der Waals surface area contributed by atoms with Crippen molar-refractivity contribution >= 4 is 43.7 Å². The number of fused-ring (bicyclic) bond motifs is 2. The van der Waals surface area contributed by atoms with Crippen LogP contribution in [0, 0.1) is 0 Å². The Morgan fingerprint density at radius 1 is 1.00 bits per heavy atom. The quantitative estimate of drug-likeness (QED) is 0.448. The van der Waals surface area contributed by atoms with Gasteiger partial charge in [-0.1, -0.05) is 0 Å². The van der Waals surface area contributed by atoms with Crippen molar-refractivity contribution in [3.05, 3.63) is 59.2 Å². The summed E-state index contributed by atoms with van der Waals surface area (Å²) in [7, 11) is -3.77. The fourth-order valence-corrected chi connectivity index (χ4v) is 5.14. The predicted octanol–water partition coefficient (Wildman–Crippen LogP) is 2.14. The molecule has 0 spiro atoms. The summed E-state index contributed by atoms with van der Waals surface area (Å²) >= 11 is 0. The molecule has 31 heavy (non-hydrogen) atoms. The molecule has 11 heteroatoms. The number of anilines is 1. The van der Waals surface area contributed by atoms with Gasteiger partial charge in [-0.2, -0.15) is 4.31 Å². The number of hydrogen-bond donors (Lipinski definition) is 3. The third-order valence-electron chi connectivity index (χ3n) is 5.36. The zero-order valence-corrected chi connectivity index (χ0v) is 17.1. The standard InChI is InChI=1S/C20H19N5O5S/c26-19(22-14-1-3-16-13(11-14)5-6-21-16)24-7-9-25(10-8-24)31(28,29)15-2-4-17-18(12-15)30-20(27)23-17/h1-6,11-12,21H,7-10H2,(H,22,26)(H,23,27). The average molecular weight is 441 g/mol. The lowest BCUT2D eigenvalue weighted by Crippen LogP contribution is -2.51. The maximum atomic E-state index is 13.0. The Morgan fingerprint density at radius 2 is 1.77 bits per heavy atom. The van der Waals surface area contributed by atoms with Crippen molar-refractivity contribution in [1.82, 2.24) is 19.2 Å². The normalized spacial score (nSPS) is 15.5. The zero-order chi connectivity index (χ0) is 21.6. The van der Waals surface area contributed by atoms with E-state index in [2.05, 4.69) is 15.3 Å². The van der Waals surface area contributed by atoms with Crippen LogP contribution in [0.15, 0.2) is 62.8 Å². The first-order valence-electron chi connectivity index (χ1n) is 9.66. The van der Waals surface area contributed by atoms with Gasteiger partial charge in [0.25, 0.3) is 0 Å². The van der Waals surface area contributed by atoms with Crippen LogP contribution >= 0.6 is 0 Å². The summed E-state index contributed by atoms with van der Waals surface area (Å²) in [5.41, 5.74) is 2.27. The second kappa shape index (κ2) is 7.29. The van der Waals surface area contributed by atoms with Crippen molar-refractivity contribution < 1.29 is 17.6 Å². The molecule has 3 N–H and O–H groups in total. The minimum absolute atomic E-state index is 0.0421. The van der Waals surface area contributed by atoms with E-state index in [1.54, 1.807) is 4.90 Å². The van der Waals surface area contributed by atoms with Crippen molar-refractivity contribution in [3.63, 3.8) is 0 Å². The van der Waals surface area contributed by atoms with E-state index in [1.165, 1.54) is 22.5 Å². The van der Waals surface area contributed by atoms with E-state index in [4.69, 9.17) is 4.42 Å². The third kappa shape index (κ3) is 3.57. The summed E-state index contributed by atoms with van der Waals surface area (Å²) < 4.78 is 32.2. The summed E-state index contributed by atoms with van der Waals surface area (Å²) in [5.74, 6) is -0.639. The number of amides is 2. The largest absolute Gasteiger partial charge is 0.417 e. The van der Waals surface area contributed by atoms with E-state index < -0.39 is 15.8 Å². The number of aromatic amines is 2. The molecule has 0 radical (unpaired) electrons. The Labute approximate surface area is 176 Å². The zero-order valence-electron chi connectivity index (χ0n) is 16.3. The lowest BCUT2D eigenvalue weighted by molar-refractivity contribution is 0.184. The van der Waals surface area contributed by atoms with Gasteiger partial charge < -0.3 is 19.6 Å². The molecule has 10 nitrogen and oxygen atoms in total. The Bertz CT molecular complexity index is 1440. The molecular formula is C20H19N5O5S. The maximum Gasteiger partial charge on any atom is 0.417 e. The molecular weight excluding hydrogens is 422 g/mol. The molecule has 1 fully saturated rings. The van der Waals surface area contributed by atoms with Gasteiger partial charge in [-0.05, 0) is 36.4 Å². The van der Waals surface area contributed by atoms with Crippen molar-refractivity contribution in [2.24, 2.45) is 0 Å². The Balaban J connectivity index is 1.26. The van der Waals surface area contributed by atoms with E-state index in [0.29, 0.717) is 11.2 Å². The van der Waals surface area contributed by atoms with Crippen LogP contribution < -0.4 is 11.1 Å². The van der Waals surface area contributed by atoms with Crippen LogP contribution in [-0.2, 0) is 10.0 Å². The smallest absolute Gasteiger partial charge is 0.408 e. The molecule has 2 amide bonds. The predicted molar refractivity (Wildman–Crippen MR) is 114 cm³/mol. The summed E-state index contributed by atoms with van der Waals surface area (Å²) in [6.45, 7) is 0.862. The summed E-state index contributed by atoms with van der Waals surface area (Å²) in [4.78, 5) is 31.1. The van der Waals surface area contributed by atoms with Gasteiger partial charge in [-0.15, -0.1) is 0 Å². The van der Waals surface area contributed by atoms with Crippen LogP contribution in [0.5, 0.6) is 0 Å². The van der Waals surface area contributed by atoms with Gasteiger partial charge in [0.05, 0.1) is 10.4 Å². The molecule has 2 aromatic carbocycles. The summed E-state index contributed by atoms with van der Waals surface area (Å²) in [6.07, 6.45) is 1.83. The number of oxazole rings is 1. The fourth-order valence-electron chi connectivity index (χ4n) is 3.70. The Kier molecular flexibility index (Phi) is 4.56. The van der Waals surface area contributed by atoms with Crippen molar-refractivity contribution in [1.29, 1.82) is 0 Å². The van der Waals surface area contributed by atoms with Crippen molar-refractivity contribution in [2.45, 2.75) is 4.90 Å². The number of nitrogens with zero attached hydrogens (tertiary/aromatic N) is 2. The van der Waals surface area contributed by atoms with E-state index in [-0.39, 0.29) is 42.7 Å². The van der Waals surface area contributed by atoms with Crippen LogP contribution in [-0.4, -0.2) is 59.8 Å². The number of nitrogens with one attached hydrogen (secondary N) is 3. The topological polar surface area (TPSA) is 132 Å². The van der Waals surface area contributed by atoms with E-state index in [9.17, 15) is 18.0 Å². The number of hydrogen-bond acceptors (Lipinski definition) is 5. The van der Waals surface area contributed by atoms with Gasteiger partial charge in [-0.3, -0.25) is 4.98 Å². The molecule has 5 rings (SSSR count). The highest BCUT2D eigenvalue weighted by atomic mass is 32.2. The molecule has 1 saturated heterocycles. The molecule has 3 heterocycles. The number of aromatic nitrogens is 2. The number of carbonyl (C=O) groups is 1. The van der Waals surface area contributed by atoms with Gasteiger partial charge in [0.2, 0.25) is 10.0 Å². The number of urea groups is 1. The first kappa shape index (κ1) is 19.4. The fraction of sp³-hybridized carbons (Fsp3) is 0.200. The number of sulfonamides is 1. The minimum Gasteiger partial charge on any atom is -0.408 e. The van der Waals surface area contributed by atoms with Gasteiger partial charge in [-0.25, -0.2) is 18.0 Å². The highest BCUT2D eigenvalue weighted by molar-refractivity contribution is 7.89.